The summed E-state index contributed by atoms with van der Waals surface area (Å²) < 4.78 is 6.97. The van der Waals surface area contributed by atoms with Gasteiger partial charge in [0.2, 0.25) is 0 Å². The van der Waals surface area contributed by atoms with Crippen LogP contribution in [0.25, 0.3) is 11.4 Å². The van der Waals surface area contributed by atoms with E-state index in [1.807, 2.05) is 23.7 Å². The topological polar surface area (TPSA) is 69.9 Å². The number of hydrogen-bond acceptors (Lipinski definition) is 6. The zero-order valence-corrected chi connectivity index (χ0v) is 14.2. The molecule has 0 N–H and O–H groups in total. The van der Waals surface area contributed by atoms with Gasteiger partial charge in [0.1, 0.15) is 5.75 Å². The number of ketones is 1. The van der Waals surface area contributed by atoms with Crippen molar-refractivity contribution in [1.29, 1.82) is 0 Å². The summed E-state index contributed by atoms with van der Waals surface area (Å²) in [6.07, 6.45) is 3.42. The average Bonchev–Trinajstić information content (AvgIpc) is 3.01. The number of aromatic nitrogens is 4. The Kier molecular flexibility index (Phi) is 4.90. The molecule has 0 aliphatic rings. The first-order valence-corrected chi connectivity index (χ1v) is 8.27. The summed E-state index contributed by atoms with van der Waals surface area (Å²) in [6.45, 7) is 0. The maximum atomic E-state index is 12.3. The number of benzene rings is 1. The normalized spacial score (nSPS) is 10.6. The molecule has 0 bridgehead atoms. The number of ether oxygens (including phenoxy) is 1. The Morgan fingerprint density at radius 1 is 1.12 bits per heavy atom. The van der Waals surface area contributed by atoms with Crippen LogP contribution in [-0.4, -0.2) is 38.4 Å². The smallest absolute Gasteiger partial charge is 0.191 e. The van der Waals surface area contributed by atoms with E-state index in [2.05, 4.69) is 15.2 Å². The Morgan fingerprint density at radius 3 is 2.50 bits per heavy atom. The van der Waals surface area contributed by atoms with Gasteiger partial charge in [0.05, 0.1) is 12.9 Å². The van der Waals surface area contributed by atoms with Gasteiger partial charge in [0, 0.05) is 30.6 Å². The molecule has 2 aromatic heterocycles. The number of nitrogens with zero attached hydrogens (tertiary/aromatic N) is 4. The van der Waals surface area contributed by atoms with E-state index in [1.165, 1.54) is 11.8 Å². The second kappa shape index (κ2) is 7.27. The van der Waals surface area contributed by atoms with Crippen molar-refractivity contribution in [3.8, 4) is 17.1 Å². The number of hydrogen-bond donors (Lipinski definition) is 0. The van der Waals surface area contributed by atoms with E-state index in [9.17, 15) is 4.79 Å². The number of carbonyl (C=O) groups excluding carboxylic acids is 1. The maximum Gasteiger partial charge on any atom is 0.191 e. The van der Waals surface area contributed by atoms with E-state index in [-0.39, 0.29) is 5.78 Å². The molecule has 0 amide bonds. The largest absolute Gasteiger partial charge is 0.497 e. The second-order valence-corrected chi connectivity index (χ2v) is 5.98. The van der Waals surface area contributed by atoms with Gasteiger partial charge >= 0.3 is 0 Å². The molecule has 6 nitrogen and oxygen atoms in total. The summed E-state index contributed by atoms with van der Waals surface area (Å²) in [5.41, 5.74) is 1.59. The number of rotatable bonds is 6. The minimum absolute atomic E-state index is 0.0381. The predicted octanol–water partition coefficient (Wildman–Crippen LogP) is 2.86. The van der Waals surface area contributed by atoms with Crippen molar-refractivity contribution in [1.82, 2.24) is 19.7 Å². The van der Waals surface area contributed by atoms with Crippen LogP contribution >= 0.6 is 11.8 Å². The zero-order chi connectivity index (χ0) is 16.9. The van der Waals surface area contributed by atoms with E-state index >= 15 is 0 Å². The first-order valence-electron chi connectivity index (χ1n) is 7.29. The van der Waals surface area contributed by atoms with Gasteiger partial charge in [-0.15, -0.1) is 10.2 Å². The first kappa shape index (κ1) is 16.2. The van der Waals surface area contributed by atoms with Crippen molar-refractivity contribution in [2.45, 2.75) is 5.16 Å². The van der Waals surface area contributed by atoms with Crippen LogP contribution in [0.5, 0.6) is 5.75 Å². The van der Waals surface area contributed by atoms with Crippen LogP contribution in [0.15, 0.2) is 53.9 Å². The van der Waals surface area contributed by atoms with E-state index < -0.39 is 0 Å². The quantitative estimate of drug-likeness (QED) is 0.508. The van der Waals surface area contributed by atoms with Crippen LogP contribution in [0.1, 0.15) is 10.4 Å². The number of methoxy groups -OCH3 is 1. The van der Waals surface area contributed by atoms with Crippen LogP contribution < -0.4 is 4.74 Å². The number of pyridine rings is 1. The Morgan fingerprint density at radius 2 is 1.83 bits per heavy atom. The van der Waals surface area contributed by atoms with Gasteiger partial charge in [0.25, 0.3) is 0 Å². The zero-order valence-electron chi connectivity index (χ0n) is 13.3. The fraction of sp³-hybridized carbons (Fsp3) is 0.176. The lowest BCUT2D eigenvalue weighted by atomic mass is 10.1. The van der Waals surface area contributed by atoms with Crippen molar-refractivity contribution in [2.24, 2.45) is 7.05 Å². The van der Waals surface area contributed by atoms with Gasteiger partial charge < -0.3 is 9.30 Å². The number of carbonyl (C=O) groups is 1. The summed E-state index contributed by atoms with van der Waals surface area (Å²) in [7, 11) is 3.48. The van der Waals surface area contributed by atoms with Gasteiger partial charge in [-0.25, -0.2) is 0 Å². The van der Waals surface area contributed by atoms with E-state index in [1.54, 1.807) is 43.8 Å². The maximum absolute atomic E-state index is 12.3. The highest BCUT2D eigenvalue weighted by molar-refractivity contribution is 7.99. The van der Waals surface area contributed by atoms with Gasteiger partial charge in [-0.2, -0.15) is 0 Å². The summed E-state index contributed by atoms with van der Waals surface area (Å²) in [5.74, 6) is 1.82. The predicted molar refractivity (Wildman–Crippen MR) is 92.3 cm³/mol. The minimum Gasteiger partial charge on any atom is -0.497 e. The highest BCUT2D eigenvalue weighted by Crippen LogP contribution is 2.23. The number of thioether (sulfide) groups is 1. The van der Waals surface area contributed by atoms with Gasteiger partial charge in [-0.3, -0.25) is 9.78 Å². The molecule has 0 aliphatic carbocycles. The lowest BCUT2D eigenvalue weighted by molar-refractivity contribution is 0.102. The molecule has 3 rings (SSSR count). The Hall–Kier alpha value is -2.67. The highest BCUT2D eigenvalue weighted by atomic mass is 32.2. The summed E-state index contributed by atoms with van der Waals surface area (Å²) in [6, 6.07) is 10.8. The van der Waals surface area contributed by atoms with Gasteiger partial charge in [-0.05, 0) is 36.4 Å². The van der Waals surface area contributed by atoms with E-state index in [0.29, 0.717) is 16.5 Å². The third-order valence-electron chi connectivity index (χ3n) is 3.52. The molecule has 0 spiro atoms. The monoisotopic (exact) mass is 340 g/mol. The molecule has 122 valence electrons. The van der Waals surface area contributed by atoms with Crippen LogP contribution in [-0.2, 0) is 7.05 Å². The average molecular weight is 340 g/mol. The van der Waals surface area contributed by atoms with Crippen molar-refractivity contribution in [2.75, 3.05) is 12.9 Å². The standard InChI is InChI=1S/C17H16N4O2S/c1-21-16(13-7-9-18-10-8-13)19-20-17(21)24-11-15(22)12-3-5-14(23-2)6-4-12/h3-10H,11H2,1-2H3. The van der Waals surface area contributed by atoms with Crippen LogP contribution in [0.4, 0.5) is 0 Å². The van der Waals surface area contributed by atoms with Crippen LogP contribution in [0, 0.1) is 0 Å². The Labute approximate surface area is 143 Å². The third-order valence-corrected chi connectivity index (χ3v) is 4.54. The first-order chi connectivity index (χ1) is 11.7. The molecule has 0 unspecified atom stereocenters. The molecule has 0 aliphatic heterocycles. The Balaban J connectivity index is 1.68. The van der Waals surface area contributed by atoms with Crippen molar-refractivity contribution < 1.29 is 9.53 Å². The molecular weight excluding hydrogens is 324 g/mol. The molecule has 7 heteroatoms. The van der Waals surface area contributed by atoms with Crippen molar-refractivity contribution in [3.63, 3.8) is 0 Å². The molecule has 24 heavy (non-hydrogen) atoms. The third kappa shape index (κ3) is 3.46. The fourth-order valence-electron chi connectivity index (χ4n) is 2.18. The molecule has 0 fully saturated rings. The molecule has 0 saturated carbocycles. The fourth-order valence-corrected chi connectivity index (χ4v) is 2.99. The van der Waals surface area contributed by atoms with Crippen molar-refractivity contribution >= 4 is 17.5 Å². The molecule has 0 saturated heterocycles. The molecule has 3 aromatic rings. The molecule has 2 heterocycles. The lowest BCUT2D eigenvalue weighted by Crippen LogP contribution is -2.04. The van der Waals surface area contributed by atoms with Crippen LogP contribution in [0.2, 0.25) is 0 Å². The van der Waals surface area contributed by atoms with Gasteiger partial charge in [-0.1, -0.05) is 11.8 Å². The van der Waals surface area contributed by atoms with Crippen molar-refractivity contribution in [3.05, 3.63) is 54.4 Å². The van der Waals surface area contributed by atoms with Crippen LogP contribution in [0.3, 0.4) is 0 Å². The molecule has 0 radical (unpaired) electrons. The Bertz CT molecular complexity index is 832. The molecule has 0 atom stereocenters. The van der Waals surface area contributed by atoms with E-state index in [0.717, 1.165) is 17.1 Å². The second-order valence-electron chi connectivity index (χ2n) is 5.04. The summed E-state index contributed by atoms with van der Waals surface area (Å²) in [5, 5.41) is 9.06. The summed E-state index contributed by atoms with van der Waals surface area (Å²) >= 11 is 1.37. The molecule has 1 aromatic carbocycles. The highest BCUT2D eigenvalue weighted by Gasteiger charge is 2.13. The SMILES string of the molecule is COc1ccc(C(=O)CSc2nnc(-c3ccncc3)n2C)cc1. The lowest BCUT2D eigenvalue weighted by Gasteiger charge is -2.04. The van der Waals surface area contributed by atoms with Gasteiger partial charge in [0.15, 0.2) is 16.8 Å². The summed E-state index contributed by atoms with van der Waals surface area (Å²) in [4.78, 5) is 16.3. The minimum atomic E-state index is 0.0381. The van der Waals surface area contributed by atoms with E-state index in [4.69, 9.17) is 4.74 Å². The number of Topliss-reactive ketones (excluding diaryl/α,β-unsaturated/α-hetero) is 1. The molecular formula is C17H16N4O2S.